The molecule has 2 amide bonds. The third-order valence-electron chi connectivity index (χ3n) is 7.94. The van der Waals surface area contributed by atoms with Crippen molar-refractivity contribution in [2.45, 2.75) is 37.4 Å². The van der Waals surface area contributed by atoms with Crippen LogP contribution in [0.4, 0.5) is 5.69 Å². The number of anilines is 1. The largest absolute Gasteiger partial charge is 0.508 e. The van der Waals surface area contributed by atoms with Crippen LogP contribution < -0.4 is 9.64 Å². The van der Waals surface area contributed by atoms with E-state index in [4.69, 9.17) is 9.47 Å². The van der Waals surface area contributed by atoms with Crippen LogP contribution in [-0.4, -0.2) is 39.8 Å². The highest BCUT2D eigenvalue weighted by atomic mass is 16.5. The van der Waals surface area contributed by atoms with Gasteiger partial charge in [-0.05, 0) is 31.9 Å². The standard InChI is InChI=1S/C28H24N2O6/c1-27-8-9-28(36-27,10-11-35-19-13-17(31)12-18(32)14-19)24-23(27)25(33)30(26(24)34)22-7-6-16(15-29)20-4-2-3-5-21(20)22/h2-7,12-14,23-24,31-32H,8-11H2,1H3. The Balaban J connectivity index is 1.33. The van der Waals surface area contributed by atoms with E-state index in [1.54, 1.807) is 12.1 Å². The summed E-state index contributed by atoms with van der Waals surface area (Å²) in [6.45, 7) is 2.09. The summed E-state index contributed by atoms with van der Waals surface area (Å²) in [6, 6.07) is 16.8. The van der Waals surface area contributed by atoms with Gasteiger partial charge in [0.25, 0.3) is 0 Å². The number of ether oxygens (including phenoxy) is 2. The first-order chi connectivity index (χ1) is 17.3. The van der Waals surface area contributed by atoms with Crippen LogP contribution in [0.5, 0.6) is 17.2 Å². The quantitative estimate of drug-likeness (QED) is 0.525. The van der Waals surface area contributed by atoms with E-state index in [0.717, 1.165) is 0 Å². The number of rotatable bonds is 5. The lowest BCUT2D eigenvalue weighted by atomic mass is 9.67. The fourth-order valence-corrected chi connectivity index (χ4v) is 6.42. The predicted octanol–water partition coefficient (Wildman–Crippen LogP) is 4.02. The minimum Gasteiger partial charge on any atom is -0.508 e. The highest BCUT2D eigenvalue weighted by Gasteiger charge is 2.73. The van der Waals surface area contributed by atoms with Crippen LogP contribution in [0.25, 0.3) is 10.8 Å². The molecule has 3 heterocycles. The fourth-order valence-electron chi connectivity index (χ4n) is 6.42. The molecule has 3 saturated heterocycles. The summed E-state index contributed by atoms with van der Waals surface area (Å²) >= 11 is 0. The smallest absolute Gasteiger partial charge is 0.240 e. The lowest BCUT2D eigenvalue weighted by Gasteiger charge is -2.31. The highest BCUT2D eigenvalue weighted by Crippen LogP contribution is 2.62. The molecule has 0 aromatic heterocycles. The van der Waals surface area contributed by atoms with Crippen molar-refractivity contribution >= 4 is 28.3 Å². The summed E-state index contributed by atoms with van der Waals surface area (Å²) in [5.74, 6) is -1.73. The van der Waals surface area contributed by atoms with E-state index >= 15 is 0 Å². The molecule has 3 aromatic carbocycles. The van der Waals surface area contributed by atoms with Gasteiger partial charge in [-0.25, -0.2) is 4.90 Å². The molecule has 0 radical (unpaired) electrons. The van der Waals surface area contributed by atoms with E-state index in [0.29, 0.717) is 47.0 Å². The second kappa shape index (κ2) is 7.70. The number of carbonyl (C=O) groups is 2. The van der Waals surface area contributed by atoms with E-state index in [2.05, 4.69) is 6.07 Å². The molecule has 4 unspecified atom stereocenters. The number of carbonyl (C=O) groups excluding carboxylic acids is 2. The van der Waals surface area contributed by atoms with Crippen molar-refractivity contribution in [1.29, 1.82) is 5.26 Å². The first-order valence-corrected chi connectivity index (χ1v) is 11.9. The Morgan fingerprint density at radius 3 is 2.44 bits per heavy atom. The number of imide groups is 1. The van der Waals surface area contributed by atoms with Gasteiger partial charge in [-0.2, -0.15) is 5.26 Å². The van der Waals surface area contributed by atoms with Crippen LogP contribution in [0.1, 0.15) is 31.7 Å². The van der Waals surface area contributed by atoms with Gasteiger partial charge in [0.05, 0.1) is 47.0 Å². The fraction of sp³-hybridized carbons (Fsp3) is 0.321. The third-order valence-corrected chi connectivity index (χ3v) is 7.94. The molecule has 36 heavy (non-hydrogen) atoms. The Morgan fingerprint density at radius 1 is 1.03 bits per heavy atom. The zero-order valence-corrected chi connectivity index (χ0v) is 19.6. The summed E-state index contributed by atoms with van der Waals surface area (Å²) in [5.41, 5.74) is -0.630. The molecule has 0 spiro atoms. The molecule has 182 valence electrons. The van der Waals surface area contributed by atoms with Gasteiger partial charge in [-0.15, -0.1) is 0 Å². The van der Waals surface area contributed by atoms with Crippen molar-refractivity contribution < 1.29 is 29.3 Å². The third kappa shape index (κ3) is 3.09. The maximum atomic E-state index is 13.9. The Morgan fingerprint density at radius 2 is 1.72 bits per heavy atom. The van der Waals surface area contributed by atoms with Gasteiger partial charge >= 0.3 is 0 Å². The molecule has 3 aliphatic heterocycles. The van der Waals surface area contributed by atoms with Crippen molar-refractivity contribution in [2.24, 2.45) is 11.8 Å². The molecule has 2 N–H and O–H groups in total. The summed E-state index contributed by atoms with van der Waals surface area (Å²) in [4.78, 5) is 29.0. The van der Waals surface area contributed by atoms with Crippen molar-refractivity contribution in [3.8, 4) is 23.3 Å². The Hall–Kier alpha value is -4.09. The maximum absolute atomic E-state index is 13.9. The first kappa shape index (κ1) is 22.4. The van der Waals surface area contributed by atoms with E-state index in [1.165, 1.54) is 23.1 Å². The van der Waals surface area contributed by atoms with Gasteiger partial charge in [-0.3, -0.25) is 9.59 Å². The minimum atomic E-state index is -0.845. The van der Waals surface area contributed by atoms with Gasteiger partial charge < -0.3 is 19.7 Å². The number of amides is 2. The highest BCUT2D eigenvalue weighted by molar-refractivity contribution is 6.26. The summed E-state index contributed by atoms with van der Waals surface area (Å²) in [7, 11) is 0. The van der Waals surface area contributed by atoms with Gasteiger partial charge in [0.1, 0.15) is 17.2 Å². The van der Waals surface area contributed by atoms with Gasteiger partial charge in [0.2, 0.25) is 11.8 Å². The van der Waals surface area contributed by atoms with Crippen LogP contribution in [-0.2, 0) is 14.3 Å². The number of phenolic OH excluding ortho intramolecular Hbond substituents is 2. The van der Waals surface area contributed by atoms with E-state index in [-0.39, 0.29) is 29.9 Å². The molecule has 0 aliphatic carbocycles. The molecule has 3 aliphatic rings. The molecule has 8 heteroatoms. The molecule has 3 aromatic rings. The van der Waals surface area contributed by atoms with Crippen LogP contribution in [0.15, 0.2) is 54.6 Å². The monoisotopic (exact) mass is 484 g/mol. The Bertz CT molecular complexity index is 1460. The number of fused-ring (bicyclic) bond motifs is 6. The van der Waals surface area contributed by atoms with Crippen molar-refractivity contribution in [2.75, 3.05) is 11.5 Å². The number of benzene rings is 3. The first-order valence-electron chi connectivity index (χ1n) is 11.9. The van der Waals surface area contributed by atoms with Crippen molar-refractivity contribution in [3.63, 3.8) is 0 Å². The number of aromatic hydroxyl groups is 2. The average molecular weight is 485 g/mol. The maximum Gasteiger partial charge on any atom is 0.240 e. The lowest BCUT2D eigenvalue weighted by molar-refractivity contribution is -0.131. The van der Waals surface area contributed by atoms with E-state index < -0.39 is 23.0 Å². The van der Waals surface area contributed by atoms with Crippen LogP contribution in [0.2, 0.25) is 0 Å². The second-order valence-corrected chi connectivity index (χ2v) is 10.0. The number of phenols is 2. The molecule has 6 rings (SSSR count). The molecular formula is C28H24N2O6. The molecule has 8 nitrogen and oxygen atoms in total. The Labute approximate surface area is 207 Å². The van der Waals surface area contributed by atoms with Gasteiger partial charge in [-0.1, -0.05) is 24.3 Å². The molecular weight excluding hydrogens is 460 g/mol. The Kier molecular flexibility index (Phi) is 4.79. The van der Waals surface area contributed by atoms with Gasteiger partial charge in [0, 0.05) is 35.4 Å². The SMILES string of the molecule is CC12CCC(CCOc3cc(O)cc(O)c3)(O1)C1C(=O)N(c3ccc(C#N)c4ccccc34)C(=O)C12. The lowest BCUT2D eigenvalue weighted by Crippen LogP contribution is -2.43. The molecule has 0 saturated carbocycles. The van der Waals surface area contributed by atoms with Crippen LogP contribution in [0.3, 0.4) is 0 Å². The predicted molar refractivity (Wildman–Crippen MR) is 129 cm³/mol. The number of hydrogen-bond acceptors (Lipinski definition) is 7. The number of nitrogens with zero attached hydrogens (tertiary/aromatic N) is 2. The van der Waals surface area contributed by atoms with Gasteiger partial charge in [0.15, 0.2) is 0 Å². The summed E-state index contributed by atoms with van der Waals surface area (Å²) in [6.07, 6.45) is 1.66. The van der Waals surface area contributed by atoms with Crippen LogP contribution >= 0.6 is 0 Å². The molecule has 4 atom stereocenters. The van der Waals surface area contributed by atoms with E-state index in [9.17, 15) is 25.1 Å². The number of hydrogen-bond donors (Lipinski definition) is 2. The zero-order chi connectivity index (χ0) is 25.2. The number of nitriles is 1. The molecule has 3 fully saturated rings. The normalized spacial score (nSPS) is 28.5. The van der Waals surface area contributed by atoms with Crippen molar-refractivity contribution in [3.05, 3.63) is 60.2 Å². The van der Waals surface area contributed by atoms with Crippen LogP contribution in [0, 0.1) is 23.2 Å². The summed E-state index contributed by atoms with van der Waals surface area (Å²) < 4.78 is 12.2. The second-order valence-electron chi connectivity index (χ2n) is 10.0. The minimum absolute atomic E-state index is 0.115. The zero-order valence-electron chi connectivity index (χ0n) is 19.6. The topological polar surface area (TPSA) is 120 Å². The van der Waals surface area contributed by atoms with Crippen molar-refractivity contribution in [1.82, 2.24) is 0 Å². The average Bonchev–Trinajstić information content (AvgIpc) is 3.42. The summed E-state index contributed by atoms with van der Waals surface area (Å²) in [5, 5.41) is 30.3. The van der Waals surface area contributed by atoms with E-state index in [1.807, 2.05) is 31.2 Å². The molecule has 2 bridgehead atoms.